The molecule has 3 rings (SSSR count). The number of hydrogen-bond acceptors (Lipinski definition) is 4. The first kappa shape index (κ1) is 19.9. The van der Waals surface area contributed by atoms with Crippen molar-refractivity contribution in [3.63, 3.8) is 0 Å². The zero-order chi connectivity index (χ0) is 20.0. The summed E-state index contributed by atoms with van der Waals surface area (Å²) >= 11 is 5.80. The monoisotopic (exact) mass is 418 g/mol. The molecule has 1 aromatic heterocycles. The Kier molecular flexibility index (Phi) is 6.33. The van der Waals surface area contributed by atoms with Crippen LogP contribution in [0.2, 0.25) is 5.02 Å². The van der Waals surface area contributed by atoms with Crippen molar-refractivity contribution in [1.29, 1.82) is 0 Å². The standard InChI is InChI=1S/C19H19ClN4O3S/c20-16-5-7-17(8-6-16)23-28(26,27)18-9-3-15(4-10-18)19(25)21-11-1-13-24-14-2-12-22-24/h2-10,12,14,23H,1,11,13H2,(H,21,25). The molecule has 0 aliphatic heterocycles. The Morgan fingerprint density at radius 1 is 1.07 bits per heavy atom. The predicted octanol–water partition coefficient (Wildman–Crippen LogP) is 3.16. The first-order valence-corrected chi connectivity index (χ1v) is 10.4. The Morgan fingerprint density at radius 2 is 1.79 bits per heavy atom. The van der Waals surface area contributed by atoms with Crippen molar-refractivity contribution >= 4 is 33.2 Å². The third kappa shape index (κ3) is 5.34. The van der Waals surface area contributed by atoms with Gasteiger partial charge < -0.3 is 5.32 Å². The number of amides is 1. The maximum Gasteiger partial charge on any atom is 0.261 e. The lowest BCUT2D eigenvalue weighted by atomic mass is 10.2. The summed E-state index contributed by atoms with van der Waals surface area (Å²) in [4.78, 5) is 12.2. The molecule has 28 heavy (non-hydrogen) atoms. The highest BCUT2D eigenvalue weighted by Crippen LogP contribution is 2.18. The third-order valence-corrected chi connectivity index (χ3v) is 5.58. The number of hydrogen-bond donors (Lipinski definition) is 2. The van der Waals surface area contributed by atoms with E-state index in [9.17, 15) is 13.2 Å². The Hall–Kier alpha value is -2.84. The molecule has 1 heterocycles. The lowest BCUT2D eigenvalue weighted by molar-refractivity contribution is 0.0952. The van der Waals surface area contributed by atoms with Crippen molar-refractivity contribution in [2.24, 2.45) is 0 Å². The van der Waals surface area contributed by atoms with E-state index in [1.54, 1.807) is 35.1 Å². The number of aromatic nitrogens is 2. The number of benzene rings is 2. The minimum absolute atomic E-state index is 0.0673. The molecule has 2 aromatic carbocycles. The van der Waals surface area contributed by atoms with Crippen LogP contribution >= 0.6 is 11.6 Å². The van der Waals surface area contributed by atoms with Gasteiger partial charge in [0.1, 0.15) is 0 Å². The smallest absolute Gasteiger partial charge is 0.261 e. The van der Waals surface area contributed by atoms with Crippen LogP contribution in [-0.2, 0) is 16.6 Å². The molecule has 0 fully saturated rings. The molecule has 2 N–H and O–H groups in total. The van der Waals surface area contributed by atoms with Crippen LogP contribution in [0.25, 0.3) is 0 Å². The maximum atomic E-state index is 12.4. The van der Waals surface area contributed by atoms with Crippen LogP contribution in [0.1, 0.15) is 16.8 Å². The number of nitrogens with one attached hydrogen (secondary N) is 2. The predicted molar refractivity (Wildman–Crippen MR) is 108 cm³/mol. The molecule has 0 atom stereocenters. The molecule has 7 nitrogen and oxygen atoms in total. The minimum Gasteiger partial charge on any atom is -0.352 e. The van der Waals surface area contributed by atoms with Crippen LogP contribution in [0.4, 0.5) is 5.69 Å². The number of carbonyl (C=O) groups is 1. The largest absolute Gasteiger partial charge is 0.352 e. The summed E-state index contributed by atoms with van der Waals surface area (Å²) < 4.78 is 29.1. The molecule has 1 amide bonds. The summed E-state index contributed by atoms with van der Waals surface area (Å²) in [5.41, 5.74) is 0.799. The minimum atomic E-state index is -3.75. The number of nitrogens with zero attached hydrogens (tertiary/aromatic N) is 2. The highest BCUT2D eigenvalue weighted by molar-refractivity contribution is 7.92. The van der Waals surface area contributed by atoms with Crippen molar-refractivity contribution in [1.82, 2.24) is 15.1 Å². The SMILES string of the molecule is O=C(NCCCn1cccn1)c1ccc(S(=O)(=O)Nc2ccc(Cl)cc2)cc1. The number of carbonyl (C=O) groups excluding carboxylic acids is 1. The normalized spacial score (nSPS) is 11.2. The molecule has 146 valence electrons. The van der Waals surface area contributed by atoms with E-state index < -0.39 is 10.0 Å². The number of sulfonamides is 1. The first-order chi connectivity index (χ1) is 13.4. The van der Waals surface area contributed by atoms with Crippen molar-refractivity contribution in [3.05, 3.63) is 77.6 Å². The van der Waals surface area contributed by atoms with Gasteiger partial charge >= 0.3 is 0 Å². The number of halogens is 1. The van der Waals surface area contributed by atoms with Crippen LogP contribution in [-0.4, -0.2) is 30.7 Å². The molecular weight excluding hydrogens is 400 g/mol. The van der Waals surface area contributed by atoms with Gasteiger partial charge in [0, 0.05) is 41.8 Å². The van der Waals surface area contributed by atoms with E-state index >= 15 is 0 Å². The van der Waals surface area contributed by atoms with Crippen molar-refractivity contribution in [2.75, 3.05) is 11.3 Å². The van der Waals surface area contributed by atoms with E-state index in [0.717, 1.165) is 6.42 Å². The van der Waals surface area contributed by atoms with Gasteiger partial charge in [0.05, 0.1) is 4.90 Å². The fourth-order valence-corrected chi connectivity index (χ4v) is 3.68. The van der Waals surface area contributed by atoms with Gasteiger partial charge in [-0.2, -0.15) is 5.10 Å². The molecule has 3 aromatic rings. The van der Waals surface area contributed by atoms with Gasteiger partial charge in [-0.3, -0.25) is 14.2 Å². The zero-order valence-electron chi connectivity index (χ0n) is 14.9. The second-order valence-corrected chi connectivity index (χ2v) is 8.13. The van der Waals surface area contributed by atoms with Crippen LogP contribution in [0.15, 0.2) is 71.9 Å². The molecule has 0 bridgehead atoms. The highest BCUT2D eigenvalue weighted by atomic mass is 35.5. The number of anilines is 1. The topological polar surface area (TPSA) is 93.1 Å². The molecule has 0 unspecified atom stereocenters. The summed E-state index contributed by atoms with van der Waals surface area (Å²) in [5.74, 6) is -0.255. The van der Waals surface area contributed by atoms with Gasteiger partial charge in [-0.25, -0.2) is 8.42 Å². The third-order valence-electron chi connectivity index (χ3n) is 3.93. The zero-order valence-corrected chi connectivity index (χ0v) is 16.4. The van der Waals surface area contributed by atoms with Gasteiger partial charge in [-0.1, -0.05) is 11.6 Å². The van der Waals surface area contributed by atoms with E-state index in [-0.39, 0.29) is 10.8 Å². The average Bonchev–Trinajstić information content (AvgIpc) is 3.20. The highest BCUT2D eigenvalue weighted by Gasteiger charge is 2.15. The summed E-state index contributed by atoms with van der Waals surface area (Å²) in [5, 5.41) is 7.42. The van der Waals surface area contributed by atoms with E-state index in [2.05, 4.69) is 15.1 Å². The van der Waals surface area contributed by atoms with Crippen LogP contribution in [0.3, 0.4) is 0 Å². The van der Waals surface area contributed by atoms with E-state index in [1.807, 2.05) is 12.3 Å². The quantitative estimate of drug-likeness (QED) is 0.549. The Balaban J connectivity index is 1.55. The average molecular weight is 419 g/mol. The van der Waals surface area contributed by atoms with Gasteiger partial charge in [0.25, 0.3) is 15.9 Å². The molecular formula is C19H19ClN4O3S. The van der Waals surface area contributed by atoms with Gasteiger partial charge in [-0.15, -0.1) is 0 Å². The Labute approximate surface area is 168 Å². The fourth-order valence-electron chi connectivity index (χ4n) is 2.50. The van der Waals surface area contributed by atoms with Gasteiger partial charge in [0.15, 0.2) is 0 Å². The Bertz CT molecular complexity index is 1020. The van der Waals surface area contributed by atoms with Crippen LogP contribution in [0, 0.1) is 0 Å². The number of rotatable bonds is 8. The number of aryl methyl sites for hydroxylation is 1. The van der Waals surface area contributed by atoms with Crippen molar-refractivity contribution in [3.8, 4) is 0 Å². The van der Waals surface area contributed by atoms with E-state index in [4.69, 9.17) is 11.6 Å². The Morgan fingerprint density at radius 3 is 2.43 bits per heavy atom. The molecule has 0 aliphatic carbocycles. The second-order valence-electron chi connectivity index (χ2n) is 6.02. The lowest BCUT2D eigenvalue weighted by Gasteiger charge is -2.09. The van der Waals surface area contributed by atoms with Crippen LogP contribution in [0.5, 0.6) is 0 Å². The van der Waals surface area contributed by atoms with E-state index in [1.165, 1.54) is 24.3 Å². The molecule has 0 radical (unpaired) electrons. The first-order valence-electron chi connectivity index (χ1n) is 8.58. The van der Waals surface area contributed by atoms with Crippen molar-refractivity contribution in [2.45, 2.75) is 17.9 Å². The summed E-state index contributed by atoms with van der Waals surface area (Å²) in [6, 6.07) is 14.0. The maximum absolute atomic E-state index is 12.4. The van der Waals surface area contributed by atoms with Crippen LogP contribution < -0.4 is 10.0 Å². The second kappa shape index (κ2) is 8.90. The molecule has 0 spiro atoms. The molecule has 0 aliphatic rings. The molecule has 0 saturated heterocycles. The lowest BCUT2D eigenvalue weighted by Crippen LogP contribution is -2.25. The van der Waals surface area contributed by atoms with E-state index in [0.29, 0.717) is 29.4 Å². The summed E-state index contributed by atoms with van der Waals surface area (Å²) in [6.07, 6.45) is 4.31. The van der Waals surface area contributed by atoms with Gasteiger partial charge in [-0.05, 0) is 61.0 Å². The molecule has 9 heteroatoms. The summed E-state index contributed by atoms with van der Waals surface area (Å²) in [7, 11) is -3.75. The fraction of sp³-hybridized carbons (Fsp3) is 0.158. The molecule has 0 saturated carbocycles. The van der Waals surface area contributed by atoms with Crippen molar-refractivity contribution < 1.29 is 13.2 Å². The van der Waals surface area contributed by atoms with Gasteiger partial charge in [0.2, 0.25) is 0 Å². The summed E-state index contributed by atoms with van der Waals surface area (Å²) in [6.45, 7) is 1.21.